The van der Waals surface area contributed by atoms with Gasteiger partial charge >= 0.3 is 21.1 Å². The number of allylic oxidation sites excluding steroid dienone is 6. The maximum absolute atomic E-state index is 9.28. The molecule has 0 amide bonds. The SMILES string of the molecule is C=C(C)[C-]=O.C=C(C)[C-]=O.[C-]1=CC=CC1.[CH2-]C.[Pt+4]. The van der Waals surface area contributed by atoms with Crippen LogP contribution in [0.3, 0.4) is 0 Å². The summed E-state index contributed by atoms with van der Waals surface area (Å²) in [6, 6.07) is 0. The zero-order valence-electron chi connectivity index (χ0n) is 11.2. The number of rotatable bonds is 2. The molecule has 0 aliphatic heterocycles. The van der Waals surface area contributed by atoms with Crippen LogP contribution in [0.25, 0.3) is 0 Å². The Bertz CT molecular complexity index is 248. The van der Waals surface area contributed by atoms with E-state index in [1.54, 1.807) is 33.3 Å². The van der Waals surface area contributed by atoms with Crippen LogP contribution in [-0.4, -0.2) is 12.6 Å². The van der Waals surface area contributed by atoms with E-state index in [1.807, 2.05) is 12.2 Å². The van der Waals surface area contributed by atoms with Gasteiger partial charge in [-0.1, -0.05) is 13.8 Å². The largest absolute Gasteiger partial charge is 4.00 e. The van der Waals surface area contributed by atoms with Gasteiger partial charge in [-0.2, -0.15) is 24.1 Å². The van der Waals surface area contributed by atoms with Crippen molar-refractivity contribution < 1.29 is 30.7 Å². The molecule has 2 nitrogen and oxygen atoms in total. The molecular weight excluding hydrogens is 407 g/mol. The van der Waals surface area contributed by atoms with Crippen LogP contribution in [0.1, 0.15) is 27.2 Å². The first-order valence-corrected chi connectivity index (χ1v) is 5.04. The molecule has 102 valence electrons. The van der Waals surface area contributed by atoms with Gasteiger partial charge in [0.2, 0.25) is 0 Å². The van der Waals surface area contributed by atoms with Crippen LogP contribution in [0.2, 0.25) is 0 Å². The van der Waals surface area contributed by atoms with Gasteiger partial charge in [0.15, 0.2) is 0 Å². The van der Waals surface area contributed by atoms with Gasteiger partial charge in [0, 0.05) is 0 Å². The summed E-state index contributed by atoms with van der Waals surface area (Å²) < 4.78 is 0. The van der Waals surface area contributed by atoms with Crippen molar-refractivity contribution in [2.45, 2.75) is 27.2 Å². The van der Waals surface area contributed by atoms with E-state index < -0.39 is 0 Å². The van der Waals surface area contributed by atoms with Gasteiger partial charge in [-0.05, 0) is 12.6 Å². The van der Waals surface area contributed by atoms with Crippen molar-refractivity contribution in [3.8, 4) is 0 Å². The van der Waals surface area contributed by atoms with Crippen LogP contribution in [0.5, 0.6) is 0 Å². The van der Waals surface area contributed by atoms with Crippen molar-refractivity contribution >= 4 is 12.6 Å². The van der Waals surface area contributed by atoms with E-state index in [-0.39, 0.29) is 21.1 Å². The number of hydrogen-bond donors (Lipinski definition) is 0. The van der Waals surface area contributed by atoms with Gasteiger partial charge in [0.25, 0.3) is 0 Å². The van der Waals surface area contributed by atoms with E-state index >= 15 is 0 Å². The van der Waals surface area contributed by atoms with E-state index in [1.165, 1.54) is 0 Å². The van der Waals surface area contributed by atoms with E-state index in [4.69, 9.17) is 0 Å². The van der Waals surface area contributed by atoms with Crippen LogP contribution in [0, 0.1) is 13.0 Å². The maximum atomic E-state index is 9.28. The van der Waals surface area contributed by atoms with Gasteiger partial charge in [0.05, 0.1) is 0 Å². The summed E-state index contributed by atoms with van der Waals surface area (Å²) >= 11 is 0. The molecule has 0 aromatic carbocycles. The summed E-state index contributed by atoms with van der Waals surface area (Å²) in [6.45, 7) is 14.7. The standard InChI is InChI=1S/C5H5.2C4H5O.C2H5.Pt/c1-2-4-5-3-1;2*1-4(2)3-5;1-2;/h1-3H,4H2;2*1H2,2H3;1H2,2H3;/q4*-1;+4. The molecule has 1 aliphatic carbocycles. The topological polar surface area (TPSA) is 34.1 Å². The minimum absolute atomic E-state index is 0. The molecule has 18 heavy (non-hydrogen) atoms. The normalized spacial score (nSPS) is 8.89. The molecule has 0 N–H and O–H groups in total. The second-order valence-electron chi connectivity index (χ2n) is 2.77. The van der Waals surface area contributed by atoms with E-state index in [2.05, 4.69) is 32.2 Å². The molecule has 0 radical (unpaired) electrons. The predicted molar refractivity (Wildman–Crippen MR) is 73.6 cm³/mol. The Kier molecular flexibility index (Phi) is 35.7. The van der Waals surface area contributed by atoms with Gasteiger partial charge in [0.1, 0.15) is 0 Å². The maximum Gasteiger partial charge on any atom is 4.00 e. The summed E-state index contributed by atoms with van der Waals surface area (Å²) in [6.07, 6.45) is 13.2. The summed E-state index contributed by atoms with van der Waals surface area (Å²) in [5.41, 5.74) is 0.898. The molecule has 0 atom stereocenters. The third-order valence-electron chi connectivity index (χ3n) is 0.934. The molecule has 0 heterocycles. The summed E-state index contributed by atoms with van der Waals surface area (Å²) in [5, 5.41) is 0. The van der Waals surface area contributed by atoms with Crippen LogP contribution >= 0.6 is 0 Å². The van der Waals surface area contributed by atoms with Crippen molar-refractivity contribution in [3.05, 3.63) is 55.5 Å². The average Bonchev–Trinajstić information content (AvgIpc) is 2.91. The Morgan fingerprint density at radius 2 is 1.50 bits per heavy atom. The Labute approximate surface area is 126 Å². The zero-order chi connectivity index (χ0) is 14.1. The molecular formula is C15H20O2Pt. The molecule has 0 bridgehead atoms. The molecule has 0 saturated carbocycles. The molecule has 3 heteroatoms. The summed E-state index contributed by atoms with van der Waals surface area (Å²) in [7, 11) is 0. The quantitative estimate of drug-likeness (QED) is 0.500. The van der Waals surface area contributed by atoms with Gasteiger partial charge in [-0.3, -0.25) is 6.08 Å². The Hall–Kier alpha value is -1.01. The third kappa shape index (κ3) is 46.0. The van der Waals surface area contributed by atoms with Crippen LogP contribution < -0.4 is 0 Å². The smallest absolute Gasteiger partial charge is 0.419 e. The molecule has 1 rings (SSSR count). The zero-order valence-corrected chi connectivity index (χ0v) is 13.5. The summed E-state index contributed by atoms with van der Waals surface area (Å²) in [5.74, 6) is 0. The second-order valence-corrected chi connectivity index (χ2v) is 2.77. The van der Waals surface area contributed by atoms with Crippen LogP contribution in [-0.2, 0) is 30.7 Å². The van der Waals surface area contributed by atoms with E-state index in [0.717, 1.165) is 6.42 Å². The van der Waals surface area contributed by atoms with E-state index in [9.17, 15) is 9.59 Å². The van der Waals surface area contributed by atoms with Crippen molar-refractivity contribution in [1.82, 2.24) is 0 Å². The van der Waals surface area contributed by atoms with Gasteiger partial charge in [-0.25, -0.2) is 25.3 Å². The predicted octanol–water partition coefficient (Wildman–Crippen LogP) is 3.49. The molecule has 0 saturated heterocycles. The van der Waals surface area contributed by atoms with Crippen molar-refractivity contribution in [2.75, 3.05) is 0 Å². The minimum Gasteiger partial charge on any atom is -0.419 e. The molecule has 0 aromatic heterocycles. The van der Waals surface area contributed by atoms with Gasteiger partial charge in [-0.15, -0.1) is 6.42 Å². The Balaban J connectivity index is -0.0000000744. The first kappa shape index (κ1) is 25.7. The fourth-order valence-electron chi connectivity index (χ4n) is 0.340. The average molecular weight is 427 g/mol. The van der Waals surface area contributed by atoms with Crippen molar-refractivity contribution in [3.63, 3.8) is 0 Å². The first-order chi connectivity index (χ1) is 8.04. The Morgan fingerprint density at radius 1 is 1.17 bits per heavy atom. The second kappa shape index (κ2) is 25.0. The van der Waals surface area contributed by atoms with Crippen molar-refractivity contribution in [2.24, 2.45) is 0 Å². The number of carbonyl (C=O) groups excluding carboxylic acids is 2. The minimum atomic E-state index is 0. The number of hydrogen-bond acceptors (Lipinski definition) is 2. The first-order valence-electron chi connectivity index (χ1n) is 5.04. The Morgan fingerprint density at radius 3 is 1.56 bits per heavy atom. The molecule has 0 spiro atoms. The van der Waals surface area contributed by atoms with Crippen molar-refractivity contribution in [1.29, 1.82) is 0 Å². The summed E-state index contributed by atoms with van der Waals surface area (Å²) in [4.78, 5) is 18.6. The fraction of sp³-hybridized carbons (Fsp3) is 0.267. The fourth-order valence-corrected chi connectivity index (χ4v) is 0.340. The van der Waals surface area contributed by atoms with Gasteiger partial charge < -0.3 is 16.5 Å². The molecule has 1 aliphatic rings. The van der Waals surface area contributed by atoms with E-state index in [0.29, 0.717) is 11.1 Å². The molecule has 0 unspecified atom stereocenters. The third-order valence-corrected chi connectivity index (χ3v) is 0.934. The molecule has 0 fully saturated rings. The molecule has 0 aromatic rings. The van der Waals surface area contributed by atoms with Crippen LogP contribution in [0.4, 0.5) is 0 Å². The van der Waals surface area contributed by atoms with Crippen LogP contribution in [0.15, 0.2) is 42.5 Å². The monoisotopic (exact) mass is 427 g/mol.